The average molecular weight is 325 g/mol. The van der Waals surface area contributed by atoms with Gasteiger partial charge in [0, 0.05) is 36.6 Å². The summed E-state index contributed by atoms with van der Waals surface area (Å²) >= 11 is 0. The highest BCUT2D eigenvalue weighted by molar-refractivity contribution is 5.95. The Balaban J connectivity index is 1.75. The van der Waals surface area contributed by atoms with Crippen molar-refractivity contribution in [3.63, 3.8) is 0 Å². The molecule has 5 nitrogen and oxygen atoms in total. The Morgan fingerprint density at radius 3 is 2.96 bits per heavy atom. The zero-order valence-electron chi connectivity index (χ0n) is 14.1. The molecule has 1 aromatic carbocycles. The Morgan fingerprint density at radius 2 is 2.25 bits per heavy atom. The van der Waals surface area contributed by atoms with Gasteiger partial charge in [-0.05, 0) is 55.3 Å². The van der Waals surface area contributed by atoms with E-state index in [0.29, 0.717) is 5.56 Å². The van der Waals surface area contributed by atoms with Crippen LogP contribution in [-0.4, -0.2) is 53.2 Å². The van der Waals surface area contributed by atoms with Crippen molar-refractivity contribution in [2.24, 2.45) is 0 Å². The lowest BCUT2D eigenvalue weighted by molar-refractivity contribution is 0.0938. The Hall–Kier alpha value is -2.24. The second kappa shape index (κ2) is 7.11. The maximum atomic E-state index is 12.6. The van der Waals surface area contributed by atoms with E-state index in [2.05, 4.69) is 15.2 Å². The highest BCUT2D eigenvalue weighted by Crippen LogP contribution is 2.23. The van der Waals surface area contributed by atoms with Crippen LogP contribution in [0.4, 0.5) is 0 Å². The summed E-state index contributed by atoms with van der Waals surface area (Å²) < 4.78 is 0. The van der Waals surface area contributed by atoms with E-state index in [9.17, 15) is 9.90 Å². The van der Waals surface area contributed by atoms with E-state index < -0.39 is 0 Å². The van der Waals surface area contributed by atoms with Crippen molar-refractivity contribution in [3.05, 3.63) is 53.9 Å². The number of amides is 1. The summed E-state index contributed by atoms with van der Waals surface area (Å²) in [5.41, 5.74) is 3.83. The summed E-state index contributed by atoms with van der Waals surface area (Å²) in [7, 11) is 1.97. The first-order valence-electron chi connectivity index (χ1n) is 8.21. The summed E-state index contributed by atoms with van der Waals surface area (Å²) in [4.78, 5) is 18.8. The van der Waals surface area contributed by atoms with Gasteiger partial charge >= 0.3 is 0 Å². The summed E-state index contributed by atoms with van der Waals surface area (Å²) in [5.74, 6) is -0.0689. The number of hydrogen-bond donors (Lipinski definition) is 2. The number of carbonyl (C=O) groups excluding carboxylic acids is 1. The van der Waals surface area contributed by atoms with Crippen molar-refractivity contribution in [2.75, 3.05) is 20.2 Å². The number of rotatable bonds is 4. The van der Waals surface area contributed by atoms with Gasteiger partial charge in [0.1, 0.15) is 0 Å². The average Bonchev–Trinajstić information content (AvgIpc) is 2.95. The van der Waals surface area contributed by atoms with Crippen molar-refractivity contribution < 1.29 is 9.90 Å². The van der Waals surface area contributed by atoms with E-state index in [0.717, 1.165) is 29.7 Å². The number of aliphatic hydroxyl groups excluding tert-OH is 1. The highest BCUT2D eigenvalue weighted by Gasteiger charge is 2.29. The van der Waals surface area contributed by atoms with Crippen LogP contribution in [0.5, 0.6) is 0 Å². The number of nitrogens with one attached hydrogen (secondary N) is 1. The maximum Gasteiger partial charge on any atom is 0.251 e. The lowest BCUT2D eigenvalue weighted by Crippen LogP contribution is -2.36. The molecule has 0 radical (unpaired) electrons. The molecular weight excluding hydrogens is 302 g/mol. The maximum absolute atomic E-state index is 12.6. The molecule has 2 atom stereocenters. The molecule has 2 N–H and O–H groups in total. The molecule has 0 aliphatic carbocycles. The number of nitrogens with zero attached hydrogens (tertiary/aromatic N) is 2. The van der Waals surface area contributed by atoms with Gasteiger partial charge in [0.2, 0.25) is 0 Å². The molecule has 1 fully saturated rings. The van der Waals surface area contributed by atoms with Crippen LogP contribution >= 0.6 is 0 Å². The van der Waals surface area contributed by atoms with Gasteiger partial charge in [0.25, 0.3) is 5.91 Å². The predicted molar refractivity (Wildman–Crippen MR) is 93.8 cm³/mol. The summed E-state index contributed by atoms with van der Waals surface area (Å²) in [6.07, 6.45) is 4.37. The van der Waals surface area contributed by atoms with Crippen LogP contribution in [0.2, 0.25) is 0 Å². The standard InChI is InChI=1S/C19H23N3O2/c1-13-10-20-7-6-18(13)14-4-3-5-15(8-14)19(24)21-16-9-17(12-23)22(2)11-16/h3-8,10,16-17,23H,9,11-12H2,1-2H3,(H,21,24). The summed E-state index contributed by atoms with van der Waals surface area (Å²) in [5, 5.41) is 12.4. The van der Waals surface area contributed by atoms with Crippen molar-refractivity contribution in [1.82, 2.24) is 15.2 Å². The number of likely N-dealkylation sites (N-methyl/N-ethyl adjacent to an activating group) is 1. The molecule has 1 aromatic heterocycles. The first-order chi connectivity index (χ1) is 11.6. The van der Waals surface area contributed by atoms with Crippen LogP contribution in [-0.2, 0) is 0 Å². The smallest absolute Gasteiger partial charge is 0.251 e. The molecule has 2 heterocycles. The van der Waals surface area contributed by atoms with Crippen molar-refractivity contribution in [3.8, 4) is 11.1 Å². The zero-order valence-corrected chi connectivity index (χ0v) is 14.1. The molecule has 126 valence electrons. The van der Waals surface area contributed by atoms with Gasteiger partial charge in [0.05, 0.1) is 6.61 Å². The molecule has 0 saturated carbocycles. The first-order valence-corrected chi connectivity index (χ1v) is 8.21. The number of likely N-dealkylation sites (tertiary alicyclic amines) is 1. The Bertz CT molecular complexity index is 732. The third kappa shape index (κ3) is 3.47. The SMILES string of the molecule is Cc1cnccc1-c1cccc(C(=O)NC2CC(CO)N(C)C2)c1. The van der Waals surface area contributed by atoms with Gasteiger partial charge < -0.3 is 10.4 Å². The van der Waals surface area contributed by atoms with Gasteiger partial charge in [-0.1, -0.05) is 12.1 Å². The largest absolute Gasteiger partial charge is 0.395 e. The fourth-order valence-corrected chi connectivity index (χ4v) is 3.29. The van der Waals surface area contributed by atoms with Crippen LogP contribution in [0.3, 0.4) is 0 Å². The molecule has 1 aliphatic heterocycles. The number of aryl methyl sites for hydroxylation is 1. The van der Waals surface area contributed by atoms with E-state index in [1.807, 2.05) is 50.5 Å². The number of pyridine rings is 1. The molecule has 24 heavy (non-hydrogen) atoms. The van der Waals surface area contributed by atoms with Crippen LogP contribution in [0.25, 0.3) is 11.1 Å². The van der Waals surface area contributed by atoms with E-state index >= 15 is 0 Å². The molecule has 1 aliphatic rings. The molecule has 0 spiro atoms. The molecule has 1 amide bonds. The number of carbonyl (C=O) groups is 1. The number of aliphatic hydroxyl groups is 1. The van der Waals surface area contributed by atoms with E-state index in [4.69, 9.17) is 0 Å². The van der Waals surface area contributed by atoms with Gasteiger partial charge in [0.15, 0.2) is 0 Å². The first kappa shape index (κ1) is 16.6. The molecule has 0 bridgehead atoms. The molecule has 2 aromatic rings. The van der Waals surface area contributed by atoms with E-state index in [-0.39, 0.29) is 24.6 Å². The minimum atomic E-state index is -0.0689. The van der Waals surface area contributed by atoms with Gasteiger partial charge in [-0.3, -0.25) is 14.7 Å². The summed E-state index contributed by atoms with van der Waals surface area (Å²) in [6.45, 7) is 2.90. The van der Waals surface area contributed by atoms with Crippen molar-refractivity contribution in [1.29, 1.82) is 0 Å². The van der Waals surface area contributed by atoms with Crippen LogP contribution in [0, 0.1) is 6.92 Å². The molecule has 2 unspecified atom stereocenters. The Kier molecular flexibility index (Phi) is 4.92. The van der Waals surface area contributed by atoms with Crippen molar-refractivity contribution >= 4 is 5.91 Å². The second-order valence-electron chi connectivity index (χ2n) is 6.45. The lowest BCUT2D eigenvalue weighted by atomic mass is 10.0. The van der Waals surface area contributed by atoms with E-state index in [1.54, 1.807) is 6.20 Å². The fraction of sp³-hybridized carbons (Fsp3) is 0.368. The number of aromatic nitrogens is 1. The van der Waals surface area contributed by atoms with Crippen LogP contribution in [0.1, 0.15) is 22.3 Å². The Labute approximate surface area is 142 Å². The van der Waals surface area contributed by atoms with Crippen molar-refractivity contribution in [2.45, 2.75) is 25.4 Å². The van der Waals surface area contributed by atoms with Crippen LogP contribution in [0.15, 0.2) is 42.7 Å². The Morgan fingerprint density at radius 1 is 1.42 bits per heavy atom. The minimum Gasteiger partial charge on any atom is -0.395 e. The predicted octanol–water partition coefficient (Wildman–Crippen LogP) is 1.85. The second-order valence-corrected chi connectivity index (χ2v) is 6.45. The fourth-order valence-electron chi connectivity index (χ4n) is 3.29. The summed E-state index contributed by atoms with van der Waals surface area (Å²) in [6, 6.07) is 9.82. The molecule has 1 saturated heterocycles. The van der Waals surface area contributed by atoms with Crippen LogP contribution < -0.4 is 5.32 Å². The molecular formula is C19H23N3O2. The van der Waals surface area contributed by atoms with Gasteiger partial charge in [-0.25, -0.2) is 0 Å². The minimum absolute atomic E-state index is 0.0689. The monoisotopic (exact) mass is 325 g/mol. The number of hydrogen-bond acceptors (Lipinski definition) is 4. The normalized spacial score (nSPS) is 21.0. The van der Waals surface area contributed by atoms with Gasteiger partial charge in [-0.2, -0.15) is 0 Å². The third-order valence-electron chi connectivity index (χ3n) is 4.69. The topological polar surface area (TPSA) is 65.5 Å². The highest BCUT2D eigenvalue weighted by atomic mass is 16.3. The molecule has 3 rings (SSSR count). The van der Waals surface area contributed by atoms with E-state index in [1.165, 1.54) is 0 Å². The quantitative estimate of drug-likeness (QED) is 0.900. The third-order valence-corrected chi connectivity index (χ3v) is 4.69. The zero-order chi connectivity index (χ0) is 17.1. The van der Waals surface area contributed by atoms with Gasteiger partial charge in [-0.15, -0.1) is 0 Å². The number of benzene rings is 1. The molecule has 5 heteroatoms. The lowest BCUT2D eigenvalue weighted by Gasteiger charge is -2.15.